The zero-order chi connectivity index (χ0) is 12.3. The van der Waals surface area contributed by atoms with E-state index in [1.807, 2.05) is 0 Å². The highest BCUT2D eigenvalue weighted by Gasteiger charge is 2.15. The molecule has 1 atom stereocenters. The van der Waals surface area contributed by atoms with Crippen LogP contribution in [0.5, 0.6) is 5.75 Å². The molecule has 1 aromatic rings. The van der Waals surface area contributed by atoms with Crippen LogP contribution in [0.3, 0.4) is 0 Å². The van der Waals surface area contributed by atoms with E-state index in [1.165, 1.54) is 25.1 Å². The van der Waals surface area contributed by atoms with E-state index < -0.39 is 12.1 Å². The number of ketones is 1. The van der Waals surface area contributed by atoms with Crippen molar-refractivity contribution in [3.63, 3.8) is 0 Å². The molecule has 0 aliphatic carbocycles. The van der Waals surface area contributed by atoms with Crippen molar-refractivity contribution in [2.24, 2.45) is 0 Å². The Kier molecular flexibility index (Phi) is 3.63. The predicted octanol–water partition coefficient (Wildman–Crippen LogP) is 0.583. The Morgan fingerprint density at radius 2 is 2.00 bits per heavy atom. The lowest BCUT2D eigenvalue weighted by molar-refractivity contribution is -0.146. The Bertz CT molecular complexity index is 424. The molecular formula is C11H12O5. The maximum Gasteiger partial charge on any atom is 0.332 e. The van der Waals surface area contributed by atoms with Crippen molar-refractivity contribution in [2.45, 2.75) is 19.4 Å². The number of Topliss-reactive ketones (excluding diaryl/α,β-unsaturated/α-hetero) is 1. The number of aliphatic carboxylic acids is 1. The lowest BCUT2D eigenvalue weighted by Crippen LogP contribution is -2.22. The van der Waals surface area contributed by atoms with E-state index in [0.29, 0.717) is 5.56 Å². The van der Waals surface area contributed by atoms with Gasteiger partial charge < -0.3 is 15.3 Å². The molecule has 86 valence electrons. The third kappa shape index (κ3) is 2.80. The smallest absolute Gasteiger partial charge is 0.332 e. The minimum atomic E-state index is -1.51. The Hall–Kier alpha value is -1.88. The van der Waals surface area contributed by atoms with Crippen LogP contribution < -0.4 is 0 Å². The fourth-order valence-corrected chi connectivity index (χ4v) is 1.30. The molecule has 0 bridgehead atoms. The van der Waals surface area contributed by atoms with Gasteiger partial charge in [0.1, 0.15) is 5.75 Å². The lowest BCUT2D eigenvalue weighted by Gasteiger charge is -2.07. The number of carboxylic acid groups (broad SMARTS) is 1. The summed E-state index contributed by atoms with van der Waals surface area (Å²) < 4.78 is 0. The Labute approximate surface area is 92.0 Å². The Morgan fingerprint density at radius 3 is 2.50 bits per heavy atom. The first kappa shape index (κ1) is 12.2. The van der Waals surface area contributed by atoms with Crippen LogP contribution >= 0.6 is 0 Å². The maximum atomic E-state index is 11.1. The number of carbonyl (C=O) groups is 2. The molecule has 0 saturated carbocycles. The molecule has 0 heterocycles. The molecule has 0 aromatic heterocycles. The second-order valence-corrected chi connectivity index (χ2v) is 3.47. The number of aliphatic hydroxyl groups excluding tert-OH is 1. The topological polar surface area (TPSA) is 94.8 Å². The van der Waals surface area contributed by atoms with Crippen LogP contribution in [-0.2, 0) is 11.2 Å². The fraction of sp³-hybridized carbons (Fsp3) is 0.273. The second-order valence-electron chi connectivity index (χ2n) is 3.47. The summed E-state index contributed by atoms with van der Waals surface area (Å²) in [4.78, 5) is 21.5. The molecule has 0 fully saturated rings. The first-order valence-corrected chi connectivity index (χ1v) is 4.65. The number of benzene rings is 1. The summed E-state index contributed by atoms with van der Waals surface area (Å²) in [6.07, 6.45) is -1.61. The molecule has 5 heteroatoms. The van der Waals surface area contributed by atoms with Crippen LogP contribution in [0, 0.1) is 0 Å². The minimum absolute atomic E-state index is 0.101. The van der Waals surface area contributed by atoms with Gasteiger partial charge in [-0.2, -0.15) is 0 Å². The van der Waals surface area contributed by atoms with Crippen molar-refractivity contribution in [1.29, 1.82) is 0 Å². The van der Waals surface area contributed by atoms with Gasteiger partial charge in [-0.25, -0.2) is 4.79 Å². The quantitative estimate of drug-likeness (QED) is 0.650. The van der Waals surface area contributed by atoms with Crippen LogP contribution in [0.1, 0.15) is 22.8 Å². The first-order chi connectivity index (χ1) is 7.41. The van der Waals surface area contributed by atoms with Gasteiger partial charge in [-0.15, -0.1) is 0 Å². The number of aromatic hydroxyl groups is 1. The van der Waals surface area contributed by atoms with Crippen LogP contribution in [0.25, 0.3) is 0 Å². The molecule has 3 N–H and O–H groups in total. The van der Waals surface area contributed by atoms with Gasteiger partial charge in [0, 0.05) is 6.42 Å². The SMILES string of the molecule is CC(=O)c1cc(CC(O)C(=O)O)ccc1O. The molecule has 0 spiro atoms. The number of aliphatic hydroxyl groups is 1. The van der Waals surface area contributed by atoms with E-state index in [2.05, 4.69) is 0 Å². The number of hydrogen-bond donors (Lipinski definition) is 3. The largest absolute Gasteiger partial charge is 0.507 e. The molecule has 0 aliphatic rings. The van der Waals surface area contributed by atoms with Crippen molar-refractivity contribution in [3.05, 3.63) is 29.3 Å². The van der Waals surface area contributed by atoms with Crippen molar-refractivity contribution in [1.82, 2.24) is 0 Å². The van der Waals surface area contributed by atoms with E-state index >= 15 is 0 Å². The number of carbonyl (C=O) groups excluding carboxylic acids is 1. The molecule has 1 aromatic carbocycles. The number of phenolic OH excluding ortho intramolecular Hbond substituents is 1. The number of rotatable bonds is 4. The molecule has 1 unspecified atom stereocenters. The van der Waals surface area contributed by atoms with Crippen molar-refractivity contribution >= 4 is 11.8 Å². The number of phenols is 1. The molecule has 0 radical (unpaired) electrons. The predicted molar refractivity (Wildman–Crippen MR) is 55.5 cm³/mol. The number of carboxylic acids is 1. The minimum Gasteiger partial charge on any atom is -0.507 e. The molecular weight excluding hydrogens is 212 g/mol. The van der Waals surface area contributed by atoms with Crippen molar-refractivity contribution < 1.29 is 24.9 Å². The first-order valence-electron chi connectivity index (χ1n) is 4.65. The Balaban J connectivity index is 2.95. The molecule has 0 saturated heterocycles. The van der Waals surface area contributed by atoms with Crippen LogP contribution in [0.2, 0.25) is 0 Å². The highest BCUT2D eigenvalue weighted by Crippen LogP contribution is 2.19. The summed E-state index contributed by atoms with van der Waals surface area (Å²) in [5.41, 5.74) is 0.605. The van der Waals surface area contributed by atoms with E-state index in [1.54, 1.807) is 0 Å². The summed E-state index contributed by atoms with van der Waals surface area (Å²) in [6, 6.07) is 4.15. The maximum absolute atomic E-state index is 11.1. The normalized spacial score (nSPS) is 12.1. The van der Waals surface area contributed by atoms with Crippen molar-refractivity contribution in [3.8, 4) is 5.75 Å². The highest BCUT2D eigenvalue weighted by atomic mass is 16.4. The average molecular weight is 224 g/mol. The Morgan fingerprint density at radius 1 is 1.38 bits per heavy atom. The number of hydrogen-bond acceptors (Lipinski definition) is 4. The average Bonchev–Trinajstić information content (AvgIpc) is 2.20. The van der Waals surface area contributed by atoms with Gasteiger partial charge in [0.2, 0.25) is 0 Å². The highest BCUT2D eigenvalue weighted by molar-refractivity contribution is 5.96. The zero-order valence-electron chi connectivity index (χ0n) is 8.67. The zero-order valence-corrected chi connectivity index (χ0v) is 8.67. The summed E-state index contributed by atoms with van der Waals surface area (Å²) in [7, 11) is 0. The van der Waals surface area contributed by atoms with E-state index in [9.17, 15) is 14.7 Å². The second kappa shape index (κ2) is 4.76. The van der Waals surface area contributed by atoms with Crippen LogP contribution in [0.4, 0.5) is 0 Å². The summed E-state index contributed by atoms with van der Waals surface area (Å²) >= 11 is 0. The summed E-state index contributed by atoms with van der Waals surface area (Å²) in [5.74, 6) is -1.79. The van der Waals surface area contributed by atoms with Crippen LogP contribution in [-0.4, -0.2) is 33.2 Å². The third-order valence-electron chi connectivity index (χ3n) is 2.15. The van der Waals surface area contributed by atoms with Gasteiger partial charge in [-0.1, -0.05) is 6.07 Å². The fourth-order valence-electron chi connectivity index (χ4n) is 1.30. The van der Waals surface area contributed by atoms with Gasteiger partial charge in [-0.3, -0.25) is 4.79 Å². The van der Waals surface area contributed by atoms with Gasteiger partial charge >= 0.3 is 5.97 Å². The van der Waals surface area contributed by atoms with Gasteiger partial charge in [0.15, 0.2) is 11.9 Å². The van der Waals surface area contributed by atoms with E-state index in [0.717, 1.165) is 0 Å². The van der Waals surface area contributed by atoms with Gasteiger partial charge in [-0.05, 0) is 24.6 Å². The van der Waals surface area contributed by atoms with Gasteiger partial charge in [0.25, 0.3) is 0 Å². The third-order valence-corrected chi connectivity index (χ3v) is 2.15. The summed E-state index contributed by atoms with van der Waals surface area (Å²) in [6.45, 7) is 1.30. The van der Waals surface area contributed by atoms with E-state index in [4.69, 9.17) is 10.2 Å². The van der Waals surface area contributed by atoms with Crippen LogP contribution in [0.15, 0.2) is 18.2 Å². The molecule has 16 heavy (non-hydrogen) atoms. The molecule has 0 aliphatic heterocycles. The van der Waals surface area contributed by atoms with E-state index in [-0.39, 0.29) is 23.5 Å². The van der Waals surface area contributed by atoms with Crippen molar-refractivity contribution in [2.75, 3.05) is 0 Å². The molecule has 1 rings (SSSR count). The lowest BCUT2D eigenvalue weighted by atomic mass is 10.0. The summed E-state index contributed by atoms with van der Waals surface area (Å²) in [5, 5.41) is 27.0. The molecule has 0 amide bonds. The monoisotopic (exact) mass is 224 g/mol. The molecule has 5 nitrogen and oxygen atoms in total. The standard InChI is InChI=1S/C11H12O5/c1-6(12)8-4-7(2-3-9(8)13)5-10(14)11(15)16/h2-4,10,13-14H,5H2,1H3,(H,15,16). The van der Waals surface area contributed by atoms with Gasteiger partial charge in [0.05, 0.1) is 5.56 Å².